The molecule has 3 heteroatoms. The molecule has 1 aliphatic heterocycles. The summed E-state index contributed by atoms with van der Waals surface area (Å²) >= 11 is 0. The molecule has 1 saturated carbocycles. The topological polar surface area (TPSA) is 28.2 Å². The second-order valence-corrected chi connectivity index (χ2v) is 6.95. The van der Waals surface area contributed by atoms with Crippen LogP contribution < -0.4 is 10.2 Å². The maximum absolute atomic E-state index is 4.90. The van der Waals surface area contributed by atoms with Crippen LogP contribution in [0.5, 0.6) is 0 Å². The summed E-state index contributed by atoms with van der Waals surface area (Å²) in [5, 5.41) is 3.31. The molecule has 0 radical (unpaired) electrons. The largest absolute Gasteiger partial charge is 0.356 e. The van der Waals surface area contributed by atoms with Gasteiger partial charge in [0.05, 0.1) is 0 Å². The summed E-state index contributed by atoms with van der Waals surface area (Å²) in [6.45, 7) is 7.66. The molecule has 1 N–H and O–H groups in total. The first-order valence-corrected chi connectivity index (χ1v) is 8.55. The summed E-state index contributed by atoms with van der Waals surface area (Å²) in [4.78, 5) is 7.47. The highest BCUT2D eigenvalue weighted by molar-refractivity contribution is 5.52. The second-order valence-electron chi connectivity index (χ2n) is 6.95. The smallest absolute Gasteiger partial charge is 0.133 e. The van der Waals surface area contributed by atoms with Crippen molar-refractivity contribution in [1.29, 1.82) is 0 Å². The number of nitrogens with zero attached hydrogens (tertiary/aromatic N) is 2. The molecule has 116 valence electrons. The van der Waals surface area contributed by atoms with E-state index in [1.54, 1.807) is 0 Å². The minimum Gasteiger partial charge on any atom is -0.356 e. The van der Waals surface area contributed by atoms with Crippen LogP contribution in [0.15, 0.2) is 6.07 Å². The van der Waals surface area contributed by atoms with Gasteiger partial charge in [0.1, 0.15) is 5.82 Å². The van der Waals surface area contributed by atoms with E-state index in [1.807, 2.05) is 7.05 Å². The van der Waals surface area contributed by atoms with Gasteiger partial charge in [0.2, 0.25) is 0 Å². The number of fused-ring (bicyclic) bond motifs is 1. The second kappa shape index (κ2) is 6.35. The van der Waals surface area contributed by atoms with Crippen molar-refractivity contribution in [3.63, 3.8) is 0 Å². The van der Waals surface area contributed by atoms with Gasteiger partial charge in [-0.05, 0) is 57.2 Å². The molecule has 1 aromatic rings. The molecule has 0 spiro atoms. The predicted octanol–water partition coefficient (Wildman–Crippen LogP) is 3.43. The van der Waals surface area contributed by atoms with Gasteiger partial charge in [-0.3, -0.25) is 0 Å². The van der Waals surface area contributed by atoms with Gasteiger partial charge in [-0.1, -0.05) is 19.3 Å². The molecule has 1 aromatic heterocycles. The lowest BCUT2D eigenvalue weighted by Gasteiger charge is -2.42. The van der Waals surface area contributed by atoms with E-state index in [0.717, 1.165) is 24.1 Å². The van der Waals surface area contributed by atoms with Gasteiger partial charge in [-0.2, -0.15) is 0 Å². The van der Waals surface area contributed by atoms with E-state index >= 15 is 0 Å². The van der Waals surface area contributed by atoms with Gasteiger partial charge >= 0.3 is 0 Å². The van der Waals surface area contributed by atoms with E-state index in [1.165, 1.54) is 62.1 Å². The highest BCUT2D eigenvalue weighted by Gasteiger charge is 2.32. The van der Waals surface area contributed by atoms with Crippen LogP contribution in [-0.2, 0) is 6.54 Å². The van der Waals surface area contributed by atoms with Crippen LogP contribution in [0.2, 0.25) is 0 Å². The normalized spacial score (nSPS) is 25.8. The summed E-state index contributed by atoms with van der Waals surface area (Å²) in [6.07, 6.45) is 7.13. The number of rotatable bonds is 3. The number of pyridine rings is 1. The molecule has 0 amide bonds. The summed E-state index contributed by atoms with van der Waals surface area (Å²) < 4.78 is 0. The SMILES string of the molecule is CNCc1c(C)cc(C)nc1N1CCC2CCCCC2C1. The van der Waals surface area contributed by atoms with Gasteiger partial charge in [0.25, 0.3) is 0 Å². The van der Waals surface area contributed by atoms with Crippen LogP contribution in [0.25, 0.3) is 0 Å². The number of hydrogen-bond acceptors (Lipinski definition) is 3. The van der Waals surface area contributed by atoms with Gasteiger partial charge < -0.3 is 10.2 Å². The molecule has 2 fully saturated rings. The minimum absolute atomic E-state index is 0.901. The van der Waals surface area contributed by atoms with Gasteiger partial charge in [0, 0.05) is 30.9 Å². The first-order chi connectivity index (χ1) is 10.2. The van der Waals surface area contributed by atoms with Crippen molar-refractivity contribution in [2.24, 2.45) is 11.8 Å². The molecule has 2 aliphatic rings. The van der Waals surface area contributed by atoms with Crippen LogP contribution in [-0.4, -0.2) is 25.1 Å². The first-order valence-electron chi connectivity index (χ1n) is 8.55. The predicted molar refractivity (Wildman–Crippen MR) is 88.8 cm³/mol. The number of hydrogen-bond donors (Lipinski definition) is 1. The van der Waals surface area contributed by atoms with E-state index in [-0.39, 0.29) is 0 Å². The Bertz CT molecular complexity index is 497. The lowest BCUT2D eigenvalue weighted by atomic mass is 9.75. The van der Waals surface area contributed by atoms with Gasteiger partial charge in [-0.15, -0.1) is 0 Å². The molecule has 0 aromatic carbocycles. The standard InChI is InChI=1S/C18H29N3/c1-13-10-14(2)20-18(17(13)11-19-3)21-9-8-15-6-4-5-7-16(15)12-21/h10,15-16,19H,4-9,11-12H2,1-3H3. The van der Waals surface area contributed by atoms with E-state index in [4.69, 9.17) is 4.98 Å². The maximum Gasteiger partial charge on any atom is 0.133 e. The van der Waals surface area contributed by atoms with Crippen LogP contribution >= 0.6 is 0 Å². The van der Waals surface area contributed by atoms with Crippen LogP contribution in [0.1, 0.15) is 48.9 Å². The number of nitrogens with one attached hydrogen (secondary N) is 1. The molecule has 1 aliphatic carbocycles. The molecular weight excluding hydrogens is 258 g/mol. The van der Waals surface area contributed by atoms with E-state index in [2.05, 4.69) is 30.1 Å². The number of anilines is 1. The zero-order chi connectivity index (χ0) is 14.8. The van der Waals surface area contributed by atoms with Crippen molar-refractivity contribution in [1.82, 2.24) is 10.3 Å². The molecule has 3 nitrogen and oxygen atoms in total. The average molecular weight is 287 g/mol. The highest BCUT2D eigenvalue weighted by atomic mass is 15.2. The number of piperidine rings is 1. The number of aromatic nitrogens is 1. The lowest BCUT2D eigenvalue weighted by molar-refractivity contribution is 0.202. The van der Waals surface area contributed by atoms with E-state index in [0.29, 0.717) is 0 Å². The average Bonchev–Trinajstić information content (AvgIpc) is 2.49. The lowest BCUT2D eigenvalue weighted by Crippen LogP contribution is -2.42. The van der Waals surface area contributed by atoms with Crippen molar-refractivity contribution >= 4 is 5.82 Å². The Balaban J connectivity index is 1.85. The van der Waals surface area contributed by atoms with Gasteiger partial charge in [-0.25, -0.2) is 4.98 Å². The molecule has 2 heterocycles. The fraction of sp³-hybridized carbons (Fsp3) is 0.722. The summed E-state index contributed by atoms with van der Waals surface area (Å²) in [5.74, 6) is 3.12. The Morgan fingerprint density at radius 1 is 1.19 bits per heavy atom. The van der Waals surface area contributed by atoms with Crippen molar-refractivity contribution in [3.05, 3.63) is 22.9 Å². The highest BCUT2D eigenvalue weighted by Crippen LogP contribution is 2.38. The minimum atomic E-state index is 0.901. The Morgan fingerprint density at radius 2 is 1.95 bits per heavy atom. The maximum atomic E-state index is 4.90. The van der Waals surface area contributed by atoms with E-state index in [9.17, 15) is 0 Å². The third-order valence-electron chi connectivity index (χ3n) is 5.40. The third kappa shape index (κ3) is 3.08. The Labute approximate surface area is 129 Å². The fourth-order valence-corrected chi connectivity index (χ4v) is 4.29. The fourth-order valence-electron chi connectivity index (χ4n) is 4.29. The molecule has 21 heavy (non-hydrogen) atoms. The molecule has 2 unspecified atom stereocenters. The van der Waals surface area contributed by atoms with Crippen LogP contribution in [0.3, 0.4) is 0 Å². The molecule has 2 atom stereocenters. The van der Waals surface area contributed by atoms with Crippen molar-refractivity contribution in [2.45, 2.75) is 52.5 Å². The van der Waals surface area contributed by atoms with Crippen molar-refractivity contribution in [2.75, 3.05) is 25.0 Å². The van der Waals surface area contributed by atoms with E-state index < -0.39 is 0 Å². The Morgan fingerprint density at radius 3 is 2.71 bits per heavy atom. The molecule has 3 rings (SSSR count). The first kappa shape index (κ1) is 14.8. The molecule has 0 bridgehead atoms. The zero-order valence-corrected chi connectivity index (χ0v) is 13.8. The third-order valence-corrected chi connectivity index (χ3v) is 5.40. The molecular formula is C18H29N3. The molecule has 1 saturated heterocycles. The summed E-state index contributed by atoms with van der Waals surface area (Å²) in [7, 11) is 2.02. The van der Waals surface area contributed by atoms with Gasteiger partial charge in [0.15, 0.2) is 0 Å². The Kier molecular flexibility index (Phi) is 4.48. The Hall–Kier alpha value is -1.09. The summed E-state index contributed by atoms with van der Waals surface area (Å²) in [6, 6.07) is 2.21. The van der Waals surface area contributed by atoms with Crippen LogP contribution in [0, 0.1) is 25.7 Å². The summed E-state index contributed by atoms with van der Waals surface area (Å²) in [5.41, 5.74) is 3.91. The number of aryl methyl sites for hydroxylation is 2. The monoisotopic (exact) mass is 287 g/mol. The van der Waals surface area contributed by atoms with Crippen molar-refractivity contribution < 1.29 is 0 Å². The zero-order valence-electron chi connectivity index (χ0n) is 13.8. The quantitative estimate of drug-likeness (QED) is 0.923. The van der Waals surface area contributed by atoms with Crippen molar-refractivity contribution in [3.8, 4) is 0 Å². The van der Waals surface area contributed by atoms with Crippen LogP contribution in [0.4, 0.5) is 5.82 Å².